The molecule has 0 fully saturated rings. The van der Waals surface area contributed by atoms with Crippen molar-refractivity contribution in [1.82, 2.24) is 9.97 Å². The third-order valence-electron chi connectivity index (χ3n) is 5.59. The van der Waals surface area contributed by atoms with Gasteiger partial charge in [-0.05, 0) is 61.1 Å². The Morgan fingerprint density at radius 1 is 0.879 bits per heavy atom. The van der Waals surface area contributed by atoms with Crippen LogP contribution in [0.25, 0.3) is 11.4 Å². The first-order valence-corrected chi connectivity index (χ1v) is 11.8. The van der Waals surface area contributed by atoms with E-state index >= 15 is 0 Å². The minimum absolute atomic E-state index is 0.285. The number of hydrogen-bond acceptors (Lipinski definition) is 5. The second-order valence-electron chi connectivity index (χ2n) is 8.24. The highest BCUT2D eigenvalue weighted by Crippen LogP contribution is 2.23. The SMILES string of the molecule is CCCCCc1cnc(-c2ccc(C(=O)Oc3ccc(CCCCC)cc3C#N)cc2)nc1. The predicted molar refractivity (Wildman–Crippen MR) is 130 cm³/mol. The van der Waals surface area contributed by atoms with E-state index in [0.29, 0.717) is 17.0 Å². The summed E-state index contributed by atoms with van der Waals surface area (Å²) in [4.78, 5) is 21.6. The van der Waals surface area contributed by atoms with E-state index in [4.69, 9.17) is 4.74 Å². The van der Waals surface area contributed by atoms with Gasteiger partial charge >= 0.3 is 5.97 Å². The first-order chi connectivity index (χ1) is 16.1. The molecule has 2 aromatic carbocycles. The molecule has 0 N–H and O–H groups in total. The molecule has 33 heavy (non-hydrogen) atoms. The molecule has 1 heterocycles. The maximum Gasteiger partial charge on any atom is 0.343 e. The Balaban J connectivity index is 1.64. The number of rotatable bonds is 11. The van der Waals surface area contributed by atoms with Crippen LogP contribution in [-0.4, -0.2) is 15.9 Å². The lowest BCUT2D eigenvalue weighted by molar-refractivity contribution is 0.0734. The van der Waals surface area contributed by atoms with Crippen molar-refractivity contribution in [2.24, 2.45) is 0 Å². The molecule has 0 aliphatic heterocycles. The van der Waals surface area contributed by atoms with Gasteiger partial charge in [-0.1, -0.05) is 57.7 Å². The van der Waals surface area contributed by atoms with Crippen LogP contribution >= 0.6 is 0 Å². The average molecular weight is 442 g/mol. The van der Waals surface area contributed by atoms with E-state index in [1.807, 2.05) is 36.7 Å². The summed E-state index contributed by atoms with van der Waals surface area (Å²) in [5.74, 6) is 0.413. The maximum absolute atomic E-state index is 12.6. The van der Waals surface area contributed by atoms with Gasteiger partial charge in [0.05, 0.1) is 11.1 Å². The van der Waals surface area contributed by atoms with Crippen molar-refractivity contribution < 1.29 is 9.53 Å². The van der Waals surface area contributed by atoms with E-state index < -0.39 is 5.97 Å². The summed E-state index contributed by atoms with van der Waals surface area (Å²) in [5, 5.41) is 9.49. The molecule has 3 rings (SSSR count). The van der Waals surface area contributed by atoms with Crippen LogP contribution in [0.4, 0.5) is 0 Å². The number of hydrogen-bond donors (Lipinski definition) is 0. The van der Waals surface area contributed by atoms with Gasteiger partial charge in [0.1, 0.15) is 11.8 Å². The quantitative estimate of drug-likeness (QED) is 0.188. The van der Waals surface area contributed by atoms with E-state index in [9.17, 15) is 10.1 Å². The van der Waals surface area contributed by atoms with Gasteiger partial charge in [-0.2, -0.15) is 5.26 Å². The molecule has 0 saturated carbocycles. The van der Waals surface area contributed by atoms with Crippen molar-refractivity contribution in [2.75, 3.05) is 0 Å². The summed E-state index contributed by atoms with van der Waals surface area (Å²) < 4.78 is 5.52. The fourth-order valence-electron chi connectivity index (χ4n) is 3.61. The van der Waals surface area contributed by atoms with E-state index in [-0.39, 0.29) is 5.75 Å². The molecule has 0 radical (unpaired) electrons. The van der Waals surface area contributed by atoms with Crippen LogP contribution in [0.5, 0.6) is 5.75 Å². The lowest BCUT2D eigenvalue weighted by Crippen LogP contribution is -2.09. The Hall–Kier alpha value is -3.52. The Bertz CT molecular complexity index is 1080. The van der Waals surface area contributed by atoms with Gasteiger partial charge in [0.15, 0.2) is 5.82 Å². The molecule has 0 saturated heterocycles. The summed E-state index contributed by atoms with van der Waals surface area (Å²) in [6, 6.07) is 14.6. The van der Waals surface area contributed by atoms with Gasteiger partial charge in [-0.3, -0.25) is 0 Å². The highest BCUT2D eigenvalue weighted by atomic mass is 16.5. The normalized spacial score (nSPS) is 10.6. The van der Waals surface area contributed by atoms with Crippen molar-refractivity contribution in [3.8, 4) is 23.2 Å². The van der Waals surface area contributed by atoms with Crippen LogP contribution in [0, 0.1) is 11.3 Å². The van der Waals surface area contributed by atoms with Crippen molar-refractivity contribution in [3.63, 3.8) is 0 Å². The average Bonchev–Trinajstić information content (AvgIpc) is 2.85. The molecule has 0 amide bonds. The lowest BCUT2D eigenvalue weighted by atomic mass is 10.0. The molecule has 3 aromatic rings. The van der Waals surface area contributed by atoms with Crippen molar-refractivity contribution in [2.45, 2.75) is 65.2 Å². The number of unbranched alkanes of at least 4 members (excludes halogenated alkanes) is 4. The lowest BCUT2D eigenvalue weighted by Gasteiger charge is -2.09. The monoisotopic (exact) mass is 441 g/mol. The molecule has 0 aliphatic rings. The molecular formula is C28H31N3O2. The minimum atomic E-state index is -0.496. The Kier molecular flexibility index (Phi) is 9.14. The summed E-state index contributed by atoms with van der Waals surface area (Å²) >= 11 is 0. The molecule has 170 valence electrons. The zero-order valence-electron chi connectivity index (χ0n) is 19.5. The molecule has 5 heteroatoms. The van der Waals surface area contributed by atoms with Crippen LogP contribution in [0.3, 0.4) is 0 Å². The summed E-state index contributed by atoms with van der Waals surface area (Å²) in [5.41, 5.74) is 3.84. The minimum Gasteiger partial charge on any atom is -0.422 e. The molecule has 0 atom stereocenters. The second-order valence-corrected chi connectivity index (χ2v) is 8.24. The van der Waals surface area contributed by atoms with Gasteiger partial charge in [0.2, 0.25) is 0 Å². The van der Waals surface area contributed by atoms with Gasteiger partial charge in [0.25, 0.3) is 0 Å². The number of ether oxygens (including phenoxy) is 1. The Labute approximate surface area is 196 Å². The zero-order chi connectivity index (χ0) is 23.5. The summed E-state index contributed by atoms with van der Waals surface area (Å²) in [7, 11) is 0. The molecule has 1 aromatic heterocycles. The van der Waals surface area contributed by atoms with Crippen LogP contribution in [0.15, 0.2) is 54.9 Å². The van der Waals surface area contributed by atoms with Crippen molar-refractivity contribution in [1.29, 1.82) is 5.26 Å². The first-order valence-electron chi connectivity index (χ1n) is 11.8. The number of benzene rings is 2. The van der Waals surface area contributed by atoms with Crippen molar-refractivity contribution in [3.05, 3.63) is 77.1 Å². The molecule has 0 bridgehead atoms. The second kappa shape index (κ2) is 12.5. The van der Waals surface area contributed by atoms with E-state index in [2.05, 4.69) is 29.9 Å². The fraction of sp³-hybridized carbons (Fsp3) is 0.357. The van der Waals surface area contributed by atoms with Crippen LogP contribution < -0.4 is 4.74 Å². The standard InChI is InChI=1S/C28H31N3O2/c1-3-5-7-9-21-11-16-26(25(17-21)18-29)33-28(32)24-14-12-23(13-15-24)27-30-19-22(20-31-27)10-8-6-4-2/h11-17,19-20H,3-10H2,1-2H3. The van der Waals surface area contributed by atoms with Crippen LogP contribution in [0.1, 0.15) is 79.4 Å². The van der Waals surface area contributed by atoms with Gasteiger partial charge in [-0.15, -0.1) is 0 Å². The summed E-state index contributed by atoms with van der Waals surface area (Å²) in [6.45, 7) is 4.35. The Morgan fingerprint density at radius 2 is 1.52 bits per heavy atom. The number of nitriles is 1. The van der Waals surface area contributed by atoms with E-state index in [0.717, 1.165) is 55.2 Å². The highest BCUT2D eigenvalue weighted by Gasteiger charge is 2.13. The smallest absolute Gasteiger partial charge is 0.343 e. The topological polar surface area (TPSA) is 75.9 Å². The number of nitrogens with zero attached hydrogens (tertiary/aromatic N) is 3. The number of esters is 1. The van der Waals surface area contributed by atoms with Crippen LogP contribution in [0.2, 0.25) is 0 Å². The van der Waals surface area contributed by atoms with Crippen LogP contribution in [-0.2, 0) is 12.8 Å². The fourth-order valence-corrected chi connectivity index (χ4v) is 3.61. The molecule has 0 unspecified atom stereocenters. The maximum atomic E-state index is 12.6. The molecule has 0 aliphatic carbocycles. The third-order valence-corrected chi connectivity index (χ3v) is 5.59. The van der Waals surface area contributed by atoms with Gasteiger partial charge < -0.3 is 4.74 Å². The first kappa shape index (κ1) is 24.1. The van der Waals surface area contributed by atoms with Crippen molar-refractivity contribution >= 4 is 5.97 Å². The molecule has 0 spiro atoms. The third kappa shape index (κ3) is 6.98. The number of carbonyl (C=O) groups is 1. The molecule has 5 nitrogen and oxygen atoms in total. The summed E-state index contributed by atoms with van der Waals surface area (Å²) in [6.07, 6.45) is 12.6. The van der Waals surface area contributed by atoms with Gasteiger partial charge in [-0.25, -0.2) is 14.8 Å². The van der Waals surface area contributed by atoms with E-state index in [1.165, 1.54) is 12.8 Å². The van der Waals surface area contributed by atoms with E-state index in [1.54, 1.807) is 18.2 Å². The number of aromatic nitrogens is 2. The predicted octanol–water partition coefficient (Wildman–Crippen LogP) is 6.70. The van der Waals surface area contributed by atoms with Gasteiger partial charge in [0, 0.05) is 18.0 Å². The highest BCUT2D eigenvalue weighted by molar-refractivity contribution is 5.91. The number of carbonyl (C=O) groups excluding carboxylic acids is 1. The molecular weight excluding hydrogens is 410 g/mol. The largest absolute Gasteiger partial charge is 0.422 e. The Morgan fingerprint density at radius 3 is 2.12 bits per heavy atom. The number of aryl methyl sites for hydroxylation is 2. The zero-order valence-corrected chi connectivity index (χ0v) is 19.5.